The van der Waals surface area contributed by atoms with E-state index in [2.05, 4.69) is 9.88 Å². The number of methoxy groups -OCH3 is 1. The van der Waals surface area contributed by atoms with E-state index in [9.17, 15) is 9.90 Å². The average Bonchev–Trinajstić information content (AvgIpc) is 2.66. The first-order valence-electron chi connectivity index (χ1n) is 8.93. The number of rotatable bonds is 4. The number of piperidine rings is 3. The molecule has 25 heavy (non-hydrogen) atoms. The summed E-state index contributed by atoms with van der Waals surface area (Å²) in [6, 6.07) is 7.71. The van der Waals surface area contributed by atoms with Crippen LogP contribution >= 0.6 is 0 Å². The molecule has 0 saturated carbocycles. The monoisotopic (exact) mass is 340 g/mol. The minimum absolute atomic E-state index is 0.0613. The molecule has 4 unspecified atom stereocenters. The number of aliphatic hydroxyl groups is 1. The van der Waals surface area contributed by atoms with Gasteiger partial charge in [-0.25, -0.2) is 0 Å². The van der Waals surface area contributed by atoms with E-state index >= 15 is 0 Å². The molecule has 0 aliphatic carbocycles. The van der Waals surface area contributed by atoms with Gasteiger partial charge in [0.05, 0.1) is 18.7 Å². The van der Waals surface area contributed by atoms with E-state index < -0.39 is 6.10 Å². The number of fused-ring (bicyclic) bond motifs is 4. The van der Waals surface area contributed by atoms with Crippen LogP contribution < -0.4 is 4.74 Å². The number of pyridine rings is 1. The van der Waals surface area contributed by atoms with Crippen LogP contribution in [0.2, 0.25) is 0 Å². The van der Waals surface area contributed by atoms with Gasteiger partial charge in [0.2, 0.25) is 0 Å². The lowest BCUT2D eigenvalue weighted by Gasteiger charge is -2.50. The molecule has 3 fully saturated rings. The number of ether oxygens (including phenoxy) is 1. The molecule has 3 aliphatic heterocycles. The van der Waals surface area contributed by atoms with E-state index in [-0.39, 0.29) is 17.7 Å². The Morgan fingerprint density at radius 2 is 2.24 bits per heavy atom. The Kier molecular flexibility index (Phi) is 4.21. The molecule has 0 spiro atoms. The smallest absolute Gasteiger partial charge is 0.134 e. The molecule has 1 N–H and O–H groups in total. The molecular weight excluding hydrogens is 316 g/mol. The molecule has 3 aliphatic rings. The highest BCUT2D eigenvalue weighted by Crippen LogP contribution is 2.42. The lowest BCUT2D eigenvalue weighted by Crippen LogP contribution is -2.56. The van der Waals surface area contributed by atoms with Crippen LogP contribution in [0.3, 0.4) is 0 Å². The van der Waals surface area contributed by atoms with Gasteiger partial charge < -0.3 is 9.84 Å². The van der Waals surface area contributed by atoms with E-state index in [1.54, 1.807) is 20.2 Å². The van der Waals surface area contributed by atoms with Crippen molar-refractivity contribution in [2.45, 2.75) is 31.9 Å². The van der Waals surface area contributed by atoms with E-state index in [1.165, 1.54) is 0 Å². The molecule has 5 atom stereocenters. The van der Waals surface area contributed by atoms with Crippen molar-refractivity contribution in [1.82, 2.24) is 9.88 Å². The summed E-state index contributed by atoms with van der Waals surface area (Å²) in [7, 11) is 1.64. The summed E-state index contributed by atoms with van der Waals surface area (Å²) in [5, 5.41) is 12.1. The molecule has 5 heteroatoms. The molecule has 5 nitrogen and oxygen atoms in total. The molecular formula is C20H24N2O3. The second-order valence-corrected chi connectivity index (χ2v) is 7.29. The van der Waals surface area contributed by atoms with Gasteiger partial charge in [0.15, 0.2) is 0 Å². The molecule has 1 aromatic heterocycles. The first kappa shape index (κ1) is 16.5. The van der Waals surface area contributed by atoms with Gasteiger partial charge in [-0.1, -0.05) is 0 Å². The molecule has 132 valence electrons. The van der Waals surface area contributed by atoms with Gasteiger partial charge >= 0.3 is 0 Å². The maximum absolute atomic E-state index is 11.9. The summed E-state index contributed by atoms with van der Waals surface area (Å²) in [5.41, 5.74) is 1.75. The number of nitrogens with zero attached hydrogens (tertiary/aromatic N) is 2. The van der Waals surface area contributed by atoms with E-state index in [0.29, 0.717) is 5.92 Å². The van der Waals surface area contributed by atoms with Gasteiger partial charge in [0.25, 0.3) is 0 Å². The highest BCUT2D eigenvalue weighted by Gasteiger charge is 2.44. The number of benzene rings is 1. The third-order valence-electron chi connectivity index (χ3n) is 5.99. The number of hydrogen-bond donors (Lipinski definition) is 1. The largest absolute Gasteiger partial charge is 0.497 e. The average molecular weight is 340 g/mol. The van der Waals surface area contributed by atoms with Crippen LogP contribution in [0.1, 0.15) is 31.4 Å². The number of carbonyl (C=O) groups excluding carboxylic acids is 1. The molecule has 5 rings (SSSR count). The normalized spacial score (nSPS) is 29.6. The quantitative estimate of drug-likeness (QED) is 0.927. The standard InChI is InChI=1S/C20H24N2O3/c1-12(23)17-11-22-8-6-13(17)9-19(22)20(24)15-5-7-21-18-4-3-14(25-2)10-16(15)18/h3-5,7,10,13,17,19-20,24H,6,8-9,11H2,1-2H3/t13?,17?,19?,20-/m1/s1. The van der Waals surface area contributed by atoms with E-state index in [4.69, 9.17) is 4.74 Å². The van der Waals surface area contributed by atoms with Crippen LogP contribution in [-0.4, -0.2) is 47.0 Å². The second kappa shape index (κ2) is 6.39. The topological polar surface area (TPSA) is 62.7 Å². The fourth-order valence-corrected chi connectivity index (χ4v) is 4.60. The Bertz CT molecular complexity index is 807. The Morgan fingerprint density at radius 1 is 1.40 bits per heavy atom. The zero-order valence-electron chi connectivity index (χ0n) is 14.7. The van der Waals surface area contributed by atoms with Crippen LogP contribution in [0.15, 0.2) is 30.5 Å². The number of Topliss-reactive ketones (excluding diaryl/α,β-unsaturated/α-hetero) is 1. The Morgan fingerprint density at radius 3 is 2.92 bits per heavy atom. The molecule has 3 saturated heterocycles. The number of ketones is 1. The Hall–Kier alpha value is -1.98. The SMILES string of the molecule is COc1ccc2nccc([C@@H](O)C3CC4CCN3CC4C(C)=O)c2c1. The first-order valence-corrected chi connectivity index (χ1v) is 8.93. The summed E-state index contributed by atoms with van der Waals surface area (Å²) < 4.78 is 5.33. The van der Waals surface area contributed by atoms with E-state index in [0.717, 1.165) is 48.1 Å². The van der Waals surface area contributed by atoms with Crippen molar-refractivity contribution in [3.8, 4) is 5.75 Å². The van der Waals surface area contributed by atoms with Crippen molar-refractivity contribution in [3.05, 3.63) is 36.0 Å². The third kappa shape index (κ3) is 2.81. The fraction of sp³-hybridized carbons (Fsp3) is 0.500. The fourth-order valence-electron chi connectivity index (χ4n) is 4.60. The van der Waals surface area contributed by atoms with Gasteiger partial charge in [0.1, 0.15) is 11.5 Å². The van der Waals surface area contributed by atoms with Crippen molar-refractivity contribution >= 4 is 16.7 Å². The highest BCUT2D eigenvalue weighted by molar-refractivity contribution is 5.84. The number of aliphatic hydroxyl groups excluding tert-OH is 1. The number of aromatic nitrogens is 1. The Balaban J connectivity index is 1.67. The first-order chi connectivity index (χ1) is 12.1. The lowest BCUT2D eigenvalue weighted by atomic mass is 9.72. The molecule has 2 bridgehead atoms. The number of carbonyl (C=O) groups is 1. The van der Waals surface area contributed by atoms with E-state index in [1.807, 2.05) is 24.3 Å². The molecule has 2 aromatic rings. The van der Waals surface area contributed by atoms with Gasteiger partial charge in [-0.3, -0.25) is 14.7 Å². The maximum Gasteiger partial charge on any atom is 0.134 e. The summed E-state index contributed by atoms with van der Waals surface area (Å²) in [6.45, 7) is 3.43. The predicted molar refractivity (Wildman–Crippen MR) is 95.5 cm³/mol. The zero-order chi connectivity index (χ0) is 17.6. The minimum Gasteiger partial charge on any atom is -0.497 e. The molecule has 1 aromatic carbocycles. The van der Waals surface area contributed by atoms with Crippen LogP contribution in [0, 0.1) is 11.8 Å². The van der Waals surface area contributed by atoms with Crippen molar-refractivity contribution in [2.24, 2.45) is 11.8 Å². The zero-order valence-corrected chi connectivity index (χ0v) is 14.7. The van der Waals surface area contributed by atoms with Gasteiger partial charge in [-0.05, 0) is 62.1 Å². The van der Waals surface area contributed by atoms with Crippen LogP contribution in [0.5, 0.6) is 5.75 Å². The summed E-state index contributed by atoms with van der Waals surface area (Å²) in [4.78, 5) is 18.6. The summed E-state index contributed by atoms with van der Waals surface area (Å²) >= 11 is 0. The second-order valence-electron chi connectivity index (χ2n) is 7.29. The summed E-state index contributed by atoms with van der Waals surface area (Å²) in [5.74, 6) is 1.56. The Labute approximate surface area is 147 Å². The molecule has 0 amide bonds. The number of hydrogen-bond acceptors (Lipinski definition) is 5. The molecule has 4 heterocycles. The van der Waals surface area contributed by atoms with Crippen molar-refractivity contribution in [2.75, 3.05) is 20.2 Å². The molecule has 0 radical (unpaired) electrons. The summed E-state index contributed by atoms with van der Waals surface area (Å²) in [6.07, 6.45) is 3.09. The van der Waals surface area contributed by atoms with Crippen molar-refractivity contribution in [1.29, 1.82) is 0 Å². The predicted octanol–water partition coefficient (Wildman–Crippen LogP) is 2.58. The van der Waals surface area contributed by atoms with Gasteiger partial charge in [-0.2, -0.15) is 0 Å². The van der Waals surface area contributed by atoms with Crippen molar-refractivity contribution < 1.29 is 14.6 Å². The van der Waals surface area contributed by atoms with Crippen LogP contribution in [-0.2, 0) is 4.79 Å². The maximum atomic E-state index is 11.9. The van der Waals surface area contributed by atoms with Crippen LogP contribution in [0.25, 0.3) is 10.9 Å². The van der Waals surface area contributed by atoms with Crippen LogP contribution in [0.4, 0.5) is 0 Å². The van der Waals surface area contributed by atoms with Gasteiger partial charge in [-0.15, -0.1) is 0 Å². The lowest BCUT2D eigenvalue weighted by molar-refractivity contribution is -0.131. The van der Waals surface area contributed by atoms with Gasteiger partial charge in [0, 0.05) is 30.1 Å². The third-order valence-corrected chi connectivity index (χ3v) is 5.99. The minimum atomic E-state index is -0.590. The highest BCUT2D eigenvalue weighted by atomic mass is 16.5. The van der Waals surface area contributed by atoms with Crippen molar-refractivity contribution in [3.63, 3.8) is 0 Å².